The molecular weight excluding hydrogens is 386 g/mol. The van der Waals surface area contributed by atoms with Crippen LogP contribution in [0.15, 0.2) is 24.3 Å². The van der Waals surface area contributed by atoms with Crippen LogP contribution in [0.2, 0.25) is 0 Å². The second kappa shape index (κ2) is 16.9. The second-order valence-corrected chi connectivity index (χ2v) is 9.60. The van der Waals surface area contributed by atoms with Crippen LogP contribution in [-0.4, -0.2) is 18.3 Å². The smallest absolute Gasteiger partial charge is 0.412 e. The molecule has 1 rings (SSSR count). The van der Waals surface area contributed by atoms with Crippen LogP contribution in [0.4, 0.5) is 10.5 Å². The highest BCUT2D eigenvalue weighted by Gasteiger charge is 2.16. The summed E-state index contributed by atoms with van der Waals surface area (Å²) in [4.78, 5) is 11.8. The molecule has 0 aromatic heterocycles. The zero-order valence-corrected chi connectivity index (χ0v) is 20.6. The van der Waals surface area contributed by atoms with Gasteiger partial charge in [0.25, 0.3) is 0 Å². The van der Waals surface area contributed by atoms with Crippen LogP contribution in [0.3, 0.4) is 0 Å². The maximum atomic E-state index is 11.8. The van der Waals surface area contributed by atoms with E-state index in [-0.39, 0.29) is 0 Å². The molecule has 0 aliphatic carbocycles. The lowest BCUT2D eigenvalue weighted by Crippen LogP contribution is -2.27. The molecule has 0 unspecified atom stereocenters. The fraction of sp³-hybridized carbons (Fsp3) is 0.741. The Morgan fingerprint density at radius 3 is 1.65 bits per heavy atom. The van der Waals surface area contributed by atoms with Gasteiger partial charge in [-0.05, 0) is 51.5 Å². The first-order chi connectivity index (χ1) is 14.9. The molecule has 0 aliphatic rings. The van der Waals surface area contributed by atoms with Gasteiger partial charge < -0.3 is 9.47 Å². The molecule has 0 radical (unpaired) electrons. The van der Waals surface area contributed by atoms with Gasteiger partial charge in [-0.15, -0.1) is 0 Å². The molecule has 1 N–H and O–H groups in total. The molecule has 0 fully saturated rings. The van der Waals surface area contributed by atoms with Crippen molar-refractivity contribution in [1.82, 2.24) is 0 Å². The maximum Gasteiger partial charge on any atom is 0.412 e. The number of unbranched alkanes of at least 4 members (excludes halogenated alkanes) is 13. The van der Waals surface area contributed by atoms with E-state index in [0.717, 1.165) is 18.8 Å². The molecular formula is C27H47NO3. The van der Waals surface area contributed by atoms with Gasteiger partial charge in [-0.2, -0.15) is 0 Å². The maximum absolute atomic E-state index is 11.8. The first kappa shape index (κ1) is 27.3. The number of amides is 1. The summed E-state index contributed by atoms with van der Waals surface area (Å²) in [6.07, 6.45) is 18.6. The number of nitrogens with one attached hydrogen (secondary N) is 1. The molecule has 31 heavy (non-hydrogen) atoms. The number of benzene rings is 1. The molecule has 0 aliphatic heterocycles. The van der Waals surface area contributed by atoms with Gasteiger partial charge in [0.05, 0.1) is 6.61 Å². The Bertz CT molecular complexity index is 563. The van der Waals surface area contributed by atoms with Crippen molar-refractivity contribution < 1.29 is 14.3 Å². The van der Waals surface area contributed by atoms with Crippen LogP contribution in [0.25, 0.3) is 0 Å². The normalized spacial score (nSPS) is 11.4. The summed E-state index contributed by atoms with van der Waals surface area (Å²) in [5.41, 5.74) is 0.207. The third kappa shape index (κ3) is 16.6. The van der Waals surface area contributed by atoms with Crippen molar-refractivity contribution in [3.05, 3.63) is 24.3 Å². The summed E-state index contributed by atoms with van der Waals surface area (Å²) >= 11 is 0. The summed E-state index contributed by atoms with van der Waals surface area (Å²) in [7, 11) is 0. The van der Waals surface area contributed by atoms with Crippen molar-refractivity contribution in [2.75, 3.05) is 11.9 Å². The molecule has 4 nitrogen and oxygen atoms in total. The van der Waals surface area contributed by atoms with E-state index >= 15 is 0 Å². The van der Waals surface area contributed by atoms with Crippen molar-refractivity contribution in [2.24, 2.45) is 0 Å². The first-order valence-electron chi connectivity index (χ1n) is 12.6. The standard InChI is InChI=1S/C27H47NO3/c1-5-6-7-8-9-10-11-12-13-14-15-16-17-18-23-30-25-21-19-24(20-22-25)28-26(29)31-27(2,3)4/h19-22H,5-18,23H2,1-4H3,(H,28,29). The Morgan fingerprint density at radius 2 is 1.19 bits per heavy atom. The molecule has 0 bridgehead atoms. The number of hydrogen-bond acceptors (Lipinski definition) is 3. The fourth-order valence-corrected chi connectivity index (χ4v) is 3.54. The van der Waals surface area contributed by atoms with E-state index < -0.39 is 11.7 Å². The lowest BCUT2D eigenvalue weighted by Gasteiger charge is -2.19. The van der Waals surface area contributed by atoms with E-state index in [9.17, 15) is 4.79 Å². The fourth-order valence-electron chi connectivity index (χ4n) is 3.54. The van der Waals surface area contributed by atoms with Gasteiger partial charge in [0.2, 0.25) is 0 Å². The molecule has 4 heteroatoms. The van der Waals surface area contributed by atoms with Crippen LogP contribution < -0.4 is 10.1 Å². The predicted molar refractivity (Wildman–Crippen MR) is 132 cm³/mol. The first-order valence-corrected chi connectivity index (χ1v) is 12.6. The van der Waals surface area contributed by atoms with E-state index in [1.165, 1.54) is 83.5 Å². The number of carbonyl (C=O) groups excluding carboxylic acids is 1. The zero-order chi connectivity index (χ0) is 22.8. The Labute approximate surface area is 191 Å². The van der Waals surface area contributed by atoms with Gasteiger partial charge in [-0.25, -0.2) is 4.79 Å². The minimum absolute atomic E-state index is 0.441. The van der Waals surface area contributed by atoms with Gasteiger partial charge >= 0.3 is 6.09 Å². The summed E-state index contributed by atoms with van der Waals surface area (Å²) in [5, 5.41) is 2.73. The Morgan fingerprint density at radius 1 is 0.742 bits per heavy atom. The summed E-state index contributed by atoms with van der Waals surface area (Å²) in [6, 6.07) is 7.45. The van der Waals surface area contributed by atoms with Crippen LogP contribution >= 0.6 is 0 Å². The minimum atomic E-state index is -0.499. The van der Waals surface area contributed by atoms with Crippen molar-refractivity contribution in [3.63, 3.8) is 0 Å². The van der Waals surface area contributed by atoms with Gasteiger partial charge in [0, 0.05) is 5.69 Å². The molecule has 0 atom stereocenters. The lowest BCUT2D eigenvalue weighted by molar-refractivity contribution is 0.0636. The Balaban J connectivity index is 1.95. The summed E-state index contributed by atoms with van der Waals surface area (Å²) in [5.74, 6) is 0.837. The monoisotopic (exact) mass is 433 g/mol. The average molecular weight is 434 g/mol. The molecule has 0 saturated carbocycles. The average Bonchev–Trinajstić information content (AvgIpc) is 2.70. The van der Waals surface area contributed by atoms with Crippen molar-refractivity contribution >= 4 is 11.8 Å². The highest BCUT2D eigenvalue weighted by atomic mass is 16.6. The summed E-state index contributed by atoms with van der Waals surface area (Å²) < 4.78 is 11.1. The van der Waals surface area contributed by atoms with Crippen molar-refractivity contribution in [1.29, 1.82) is 0 Å². The number of hydrogen-bond donors (Lipinski definition) is 1. The topological polar surface area (TPSA) is 47.6 Å². The van der Waals surface area contributed by atoms with Crippen LogP contribution in [0.5, 0.6) is 5.75 Å². The third-order valence-corrected chi connectivity index (χ3v) is 5.27. The van der Waals surface area contributed by atoms with Crippen molar-refractivity contribution in [2.45, 2.75) is 123 Å². The number of rotatable bonds is 17. The van der Waals surface area contributed by atoms with Gasteiger partial charge in [-0.1, -0.05) is 90.4 Å². The second-order valence-electron chi connectivity index (χ2n) is 9.60. The zero-order valence-electron chi connectivity index (χ0n) is 20.6. The predicted octanol–water partition coefficient (Wildman–Crippen LogP) is 8.89. The van der Waals surface area contributed by atoms with Gasteiger partial charge in [0.1, 0.15) is 11.4 Å². The molecule has 1 aromatic carbocycles. The lowest BCUT2D eigenvalue weighted by atomic mass is 10.0. The number of carbonyl (C=O) groups is 1. The highest BCUT2D eigenvalue weighted by molar-refractivity contribution is 5.84. The van der Waals surface area contributed by atoms with Gasteiger partial charge in [0.15, 0.2) is 0 Å². The molecule has 0 saturated heterocycles. The van der Waals surface area contributed by atoms with E-state index in [1.54, 1.807) is 0 Å². The third-order valence-electron chi connectivity index (χ3n) is 5.27. The Kier molecular flexibility index (Phi) is 14.9. The number of ether oxygens (including phenoxy) is 2. The Hall–Kier alpha value is -1.71. The SMILES string of the molecule is CCCCCCCCCCCCCCCCOc1ccc(NC(=O)OC(C)(C)C)cc1. The van der Waals surface area contributed by atoms with Crippen LogP contribution in [0.1, 0.15) is 118 Å². The van der Waals surface area contributed by atoms with E-state index in [0.29, 0.717) is 5.69 Å². The molecule has 0 spiro atoms. The van der Waals surface area contributed by atoms with Crippen LogP contribution in [0, 0.1) is 0 Å². The van der Waals surface area contributed by atoms with E-state index in [1.807, 2.05) is 45.0 Å². The van der Waals surface area contributed by atoms with Gasteiger partial charge in [-0.3, -0.25) is 5.32 Å². The van der Waals surface area contributed by atoms with E-state index in [4.69, 9.17) is 9.47 Å². The largest absolute Gasteiger partial charge is 0.494 e. The molecule has 178 valence electrons. The quantitative estimate of drug-likeness (QED) is 0.249. The molecule has 1 aromatic rings. The van der Waals surface area contributed by atoms with Crippen LogP contribution in [-0.2, 0) is 4.74 Å². The van der Waals surface area contributed by atoms with Crippen molar-refractivity contribution in [3.8, 4) is 5.75 Å². The summed E-state index contributed by atoms with van der Waals surface area (Å²) in [6.45, 7) is 8.57. The van der Waals surface area contributed by atoms with E-state index in [2.05, 4.69) is 12.2 Å². The highest BCUT2D eigenvalue weighted by Crippen LogP contribution is 2.18. The molecule has 0 heterocycles. The molecule has 1 amide bonds. The number of anilines is 1. The minimum Gasteiger partial charge on any atom is -0.494 e.